The molecular weight excluding hydrogens is 366 g/mol. The average Bonchev–Trinajstić information content (AvgIpc) is 3.40. The van der Waals surface area contributed by atoms with Crippen LogP contribution in [0.4, 0.5) is 0 Å². The van der Waals surface area contributed by atoms with E-state index >= 15 is 0 Å². The van der Waals surface area contributed by atoms with Gasteiger partial charge in [-0.1, -0.05) is 0 Å². The number of nitrogens with one attached hydrogen (secondary N) is 1. The van der Waals surface area contributed by atoms with Gasteiger partial charge in [0.15, 0.2) is 5.96 Å². The summed E-state index contributed by atoms with van der Waals surface area (Å²) in [6, 6.07) is 0. The molecule has 2 aliphatic rings. The fourth-order valence-electron chi connectivity index (χ4n) is 4.02. The highest BCUT2D eigenvalue weighted by Gasteiger charge is 2.24. The molecule has 0 saturated carbocycles. The van der Waals surface area contributed by atoms with E-state index in [1.165, 1.54) is 0 Å². The van der Waals surface area contributed by atoms with Gasteiger partial charge in [-0.15, -0.1) is 0 Å². The number of carbonyl (C=O) groups excluding carboxylic acids is 1. The van der Waals surface area contributed by atoms with Gasteiger partial charge in [0.25, 0.3) is 0 Å². The largest absolute Gasteiger partial charge is 0.357 e. The second-order valence-corrected chi connectivity index (χ2v) is 7.96. The van der Waals surface area contributed by atoms with E-state index in [0.29, 0.717) is 12.5 Å². The SMILES string of the molecule is CCNC(=NCCCCn1ccnc1C)N1CCN(CC(=O)N2CCCC2)CC1. The molecule has 1 aromatic heterocycles. The van der Waals surface area contributed by atoms with Crippen molar-refractivity contribution in [1.29, 1.82) is 0 Å². The van der Waals surface area contributed by atoms with Gasteiger partial charge in [0.1, 0.15) is 5.82 Å². The predicted molar refractivity (Wildman–Crippen MR) is 116 cm³/mol. The molecule has 2 aliphatic heterocycles. The van der Waals surface area contributed by atoms with Gasteiger partial charge in [0, 0.05) is 71.3 Å². The van der Waals surface area contributed by atoms with Crippen LogP contribution in [0.3, 0.4) is 0 Å². The number of aromatic nitrogens is 2. The topological polar surface area (TPSA) is 69.0 Å². The van der Waals surface area contributed by atoms with E-state index in [9.17, 15) is 4.79 Å². The third-order valence-corrected chi connectivity index (χ3v) is 5.82. The van der Waals surface area contributed by atoms with E-state index in [2.05, 4.69) is 31.6 Å². The lowest BCUT2D eigenvalue weighted by molar-refractivity contribution is -0.131. The molecule has 2 fully saturated rings. The molecule has 1 aromatic rings. The Hall–Kier alpha value is -2.09. The molecule has 0 unspecified atom stereocenters. The minimum atomic E-state index is 0.296. The first-order chi connectivity index (χ1) is 14.2. The minimum absolute atomic E-state index is 0.296. The third-order valence-electron chi connectivity index (χ3n) is 5.82. The fraction of sp³-hybridized carbons (Fsp3) is 0.762. The summed E-state index contributed by atoms with van der Waals surface area (Å²) in [7, 11) is 0. The fourth-order valence-corrected chi connectivity index (χ4v) is 4.02. The van der Waals surface area contributed by atoms with Crippen molar-refractivity contribution in [3.63, 3.8) is 0 Å². The number of likely N-dealkylation sites (tertiary alicyclic amines) is 1. The zero-order chi connectivity index (χ0) is 20.5. The summed E-state index contributed by atoms with van der Waals surface area (Å²) in [5, 5.41) is 3.43. The van der Waals surface area contributed by atoms with E-state index in [4.69, 9.17) is 4.99 Å². The van der Waals surface area contributed by atoms with Crippen LogP contribution in [0.1, 0.15) is 38.4 Å². The predicted octanol–water partition coefficient (Wildman–Crippen LogP) is 1.18. The lowest BCUT2D eigenvalue weighted by Gasteiger charge is -2.36. The van der Waals surface area contributed by atoms with Crippen LogP contribution in [0.15, 0.2) is 17.4 Å². The maximum atomic E-state index is 12.4. The molecule has 0 aromatic carbocycles. The molecule has 0 bridgehead atoms. The number of guanidine groups is 1. The van der Waals surface area contributed by atoms with Crippen LogP contribution in [0, 0.1) is 6.92 Å². The number of amides is 1. The van der Waals surface area contributed by atoms with Crippen LogP contribution in [0.5, 0.6) is 0 Å². The summed E-state index contributed by atoms with van der Waals surface area (Å²) in [6.45, 7) is 13.0. The van der Waals surface area contributed by atoms with E-state index < -0.39 is 0 Å². The van der Waals surface area contributed by atoms with Gasteiger partial charge >= 0.3 is 0 Å². The number of hydrogen-bond acceptors (Lipinski definition) is 4. The Balaban J connectivity index is 1.39. The van der Waals surface area contributed by atoms with Gasteiger partial charge in [0.2, 0.25) is 5.91 Å². The first-order valence-electron chi connectivity index (χ1n) is 11.2. The number of rotatable bonds is 8. The molecule has 162 valence electrons. The summed E-state index contributed by atoms with van der Waals surface area (Å²) in [5.41, 5.74) is 0. The van der Waals surface area contributed by atoms with Crippen molar-refractivity contribution in [2.45, 2.75) is 46.1 Å². The number of imidazole rings is 1. The van der Waals surface area contributed by atoms with Gasteiger partial charge in [-0.25, -0.2) is 4.98 Å². The highest BCUT2D eigenvalue weighted by molar-refractivity contribution is 5.80. The van der Waals surface area contributed by atoms with E-state index in [0.717, 1.165) is 96.4 Å². The third kappa shape index (κ3) is 6.45. The van der Waals surface area contributed by atoms with Crippen molar-refractivity contribution >= 4 is 11.9 Å². The number of aliphatic imine (C=N–C) groups is 1. The number of carbonyl (C=O) groups is 1. The van der Waals surface area contributed by atoms with Gasteiger partial charge in [-0.05, 0) is 39.5 Å². The van der Waals surface area contributed by atoms with E-state index in [-0.39, 0.29) is 0 Å². The standard InChI is InChI=1S/C21H37N7O/c1-3-22-21(24-8-4-5-10-26-13-9-23-19(26)2)28-16-14-25(15-17-28)18-20(29)27-11-6-7-12-27/h9,13H,3-8,10-12,14-18H2,1-2H3,(H,22,24). The first kappa shape index (κ1) is 21.6. The second kappa shape index (κ2) is 11.2. The molecule has 8 nitrogen and oxygen atoms in total. The lowest BCUT2D eigenvalue weighted by atomic mass is 10.3. The Morgan fingerprint density at radius 3 is 2.52 bits per heavy atom. The van der Waals surface area contributed by atoms with Crippen molar-refractivity contribution in [1.82, 2.24) is 29.6 Å². The number of unbranched alkanes of at least 4 members (excludes halogenated alkanes) is 1. The monoisotopic (exact) mass is 403 g/mol. The quantitative estimate of drug-likeness (QED) is 0.401. The lowest BCUT2D eigenvalue weighted by Crippen LogP contribution is -2.54. The summed E-state index contributed by atoms with van der Waals surface area (Å²) in [5.74, 6) is 2.38. The summed E-state index contributed by atoms with van der Waals surface area (Å²) in [4.78, 5) is 28.1. The number of aryl methyl sites for hydroxylation is 2. The van der Waals surface area contributed by atoms with Crippen LogP contribution in [-0.4, -0.2) is 95.0 Å². The zero-order valence-corrected chi connectivity index (χ0v) is 18.1. The van der Waals surface area contributed by atoms with Crippen LogP contribution in [-0.2, 0) is 11.3 Å². The zero-order valence-electron chi connectivity index (χ0n) is 18.1. The van der Waals surface area contributed by atoms with Gasteiger partial charge < -0.3 is 19.7 Å². The van der Waals surface area contributed by atoms with E-state index in [1.54, 1.807) is 0 Å². The summed E-state index contributed by atoms with van der Waals surface area (Å²) >= 11 is 0. The molecule has 1 amide bonds. The molecule has 29 heavy (non-hydrogen) atoms. The molecule has 0 atom stereocenters. The molecule has 3 heterocycles. The number of hydrogen-bond donors (Lipinski definition) is 1. The molecule has 2 saturated heterocycles. The molecule has 0 spiro atoms. The Bertz CT molecular complexity index is 658. The summed E-state index contributed by atoms with van der Waals surface area (Å²) in [6.07, 6.45) is 8.38. The molecular formula is C21H37N7O. The second-order valence-electron chi connectivity index (χ2n) is 7.96. The van der Waals surface area contributed by atoms with Crippen LogP contribution >= 0.6 is 0 Å². The Labute approximate surface area is 175 Å². The number of piperazine rings is 1. The highest BCUT2D eigenvalue weighted by atomic mass is 16.2. The van der Waals surface area contributed by atoms with Crippen molar-refractivity contribution < 1.29 is 4.79 Å². The maximum absolute atomic E-state index is 12.4. The van der Waals surface area contributed by atoms with Gasteiger partial charge in [-0.3, -0.25) is 14.7 Å². The molecule has 3 rings (SSSR count). The smallest absolute Gasteiger partial charge is 0.236 e. The Kier molecular flexibility index (Phi) is 8.34. The Morgan fingerprint density at radius 1 is 1.10 bits per heavy atom. The van der Waals surface area contributed by atoms with Crippen molar-refractivity contribution in [2.75, 3.05) is 58.9 Å². The number of nitrogens with zero attached hydrogens (tertiary/aromatic N) is 6. The van der Waals surface area contributed by atoms with E-state index in [1.807, 2.05) is 24.2 Å². The van der Waals surface area contributed by atoms with Gasteiger partial charge in [0.05, 0.1) is 6.54 Å². The van der Waals surface area contributed by atoms with Crippen LogP contribution < -0.4 is 5.32 Å². The Morgan fingerprint density at radius 2 is 1.86 bits per heavy atom. The molecule has 0 radical (unpaired) electrons. The molecule has 8 heteroatoms. The average molecular weight is 404 g/mol. The van der Waals surface area contributed by atoms with Crippen molar-refractivity contribution in [3.8, 4) is 0 Å². The molecule has 1 N–H and O–H groups in total. The summed E-state index contributed by atoms with van der Waals surface area (Å²) < 4.78 is 2.19. The maximum Gasteiger partial charge on any atom is 0.236 e. The van der Waals surface area contributed by atoms with Gasteiger partial charge in [-0.2, -0.15) is 0 Å². The minimum Gasteiger partial charge on any atom is -0.357 e. The van der Waals surface area contributed by atoms with Crippen LogP contribution in [0.25, 0.3) is 0 Å². The highest BCUT2D eigenvalue weighted by Crippen LogP contribution is 2.09. The van der Waals surface area contributed by atoms with Crippen molar-refractivity contribution in [2.24, 2.45) is 4.99 Å². The van der Waals surface area contributed by atoms with Crippen LogP contribution in [0.2, 0.25) is 0 Å². The normalized spacial score (nSPS) is 18.5. The van der Waals surface area contributed by atoms with Crippen molar-refractivity contribution in [3.05, 3.63) is 18.2 Å². The molecule has 0 aliphatic carbocycles. The first-order valence-corrected chi connectivity index (χ1v) is 11.2.